The molecule has 0 unspecified atom stereocenters. The Balaban J connectivity index is 1.57. The number of para-hydroxylation sites is 1. The maximum absolute atomic E-state index is 9.72. The van der Waals surface area contributed by atoms with E-state index < -0.39 is 7.12 Å². The third-order valence-electron chi connectivity index (χ3n) is 6.98. The summed E-state index contributed by atoms with van der Waals surface area (Å²) in [6.07, 6.45) is 14.4. The molecular formula is C31H27BN2O3. The molecule has 0 saturated heterocycles. The molecule has 1 aliphatic heterocycles. The zero-order chi connectivity index (χ0) is 25.5. The van der Waals surface area contributed by atoms with E-state index in [4.69, 9.17) is 4.74 Å². The van der Waals surface area contributed by atoms with Crippen molar-refractivity contribution in [2.75, 3.05) is 4.90 Å². The average molecular weight is 486 g/mol. The van der Waals surface area contributed by atoms with Crippen molar-refractivity contribution < 1.29 is 14.8 Å². The first-order valence-electron chi connectivity index (χ1n) is 12.4. The van der Waals surface area contributed by atoms with Gasteiger partial charge in [0.15, 0.2) is 11.5 Å². The second-order valence-electron chi connectivity index (χ2n) is 9.26. The Morgan fingerprint density at radius 1 is 0.973 bits per heavy atom. The second-order valence-corrected chi connectivity index (χ2v) is 9.26. The molecule has 0 spiro atoms. The van der Waals surface area contributed by atoms with Crippen LogP contribution >= 0.6 is 0 Å². The zero-order valence-electron chi connectivity index (χ0n) is 20.6. The Labute approximate surface area is 216 Å². The number of hydrogen-bond donors (Lipinski definition) is 2. The normalized spacial score (nSPS) is 14.4. The fourth-order valence-corrected chi connectivity index (χ4v) is 5.21. The minimum atomic E-state index is -1.56. The van der Waals surface area contributed by atoms with Crippen LogP contribution in [-0.4, -0.2) is 21.7 Å². The van der Waals surface area contributed by atoms with Crippen LogP contribution in [0, 0.1) is 6.92 Å². The molecule has 2 aliphatic rings. The summed E-state index contributed by atoms with van der Waals surface area (Å²) in [5.74, 6) is 1.29. The van der Waals surface area contributed by atoms with Crippen molar-refractivity contribution in [1.82, 2.24) is 4.57 Å². The number of allylic oxidation sites excluding steroid dienone is 5. The summed E-state index contributed by atoms with van der Waals surface area (Å²) >= 11 is 0. The Morgan fingerprint density at radius 3 is 2.62 bits per heavy atom. The van der Waals surface area contributed by atoms with E-state index in [1.165, 1.54) is 10.9 Å². The third kappa shape index (κ3) is 3.91. The van der Waals surface area contributed by atoms with Crippen molar-refractivity contribution in [3.05, 3.63) is 115 Å². The summed E-state index contributed by atoms with van der Waals surface area (Å²) in [4.78, 5) is 2.19. The van der Waals surface area contributed by atoms with Gasteiger partial charge in [0, 0.05) is 22.5 Å². The van der Waals surface area contributed by atoms with Crippen LogP contribution < -0.4 is 15.1 Å². The number of aromatic nitrogens is 1. The first-order valence-corrected chi connectivity index (χ1v) is 12.4. The summed E-state index contributed by atoms with van der Waals surface area (Å²) in [6.45, 7) is 6.01. The van der Waals surface area contributed by atoms with Crippen molar-refractivity contribution in [1.29, 1.82) is 0 Å². The number of rotatable bonds is 5. The fourth-order valence-electron chi connectivity index (χ4n) is 5.21. The number of fused-ring (bicyclic) bond motifs is 3. The maximum atomic E-state index is 9.72. The van der Waals surface area contributed by atoms with Crippen LogP contribution in [0.4, 0.5) is 11.4 Å². The molecule has 0 saturated carbocycles. The Kier molecular flexibility index (Phi) is 5.83. The van der Waals surface area contributed by atoms with E-state index in [0.717, 1.165) is 46.8 Å². The Hall–Kier alpha value is -4.26. The van der Waals surface area contributed by atoms with Gasteiger partial charge in [-0.3, -0.25) is 0 Å². The topological polar surface area (TPSA) is 57.9 Å². The van der Waals surface area contributed by atoms with E-state index in [1.807, 2.05) is 18.2 Å². The van der Waals surface area contributed by atoms with Gasteiger partial charge in [0.25, 0.3) is 0 Å². The van der Waals surface area contributed by atoms with Crippen molar-refractivity contribution in [3.8, 4) is 17.2 Å². The van der Waals surface area contributed by atoms with Crippen LogP contribution in [-0.2, 0) is 0 Å². The highest BCUT2D eigenvalue weighted by molar-refractivity contribution is 6.58. The third-order valence-corrected chi connectivity index (χ3v) is 6.98. The number of hydrogen-bond acceptors (Lipinski definition) is 4. The van der Waals surface area contributed by atoms with Gasteiger partial charge in [-0.05, 0) is 79.3 Å². The van der Waals surface area contributed by atoms with E-state index >= 15 is 0 Å². The quantitative estimate of drug-likeness (QED) is 0.257. The molecule has 182 valence electrons. The lowest BCUT2D eigenvalue weighted by molar-refractivity contribution is 0.425. The van der Waals surface area contributed by atoms with Gasteiger partial charge in [0.2, 0.25) is 0 Å². The predicted octanol–water partition coefficient (Wildman–Crippen LogP) is 6.30. The fraction of sp³-hybridized carbons (Fsp3) is 0.0968. The molecule has 4 aromatic rings. The van der Waals surface area contributed by atoms with E-state index in [-0.39, 0.29) is 0 Å². The molecule has 0 atom stereocenters. The number of anilines is 2. The number of benzene rings is 3. The zero-order valence-corrected chi connectivity index (χ0v) is 20.6. The van der Waals surface area contributed by atoms with Crippen LogP contribution in [0.5, 0.6) is 11.5 Å². The lowest BCUT2D eigenvalue weighted by atomic mass is 9.80. The molecule has 37 heavy (non-hydrogen) atoms. The summed E-state index contributed by atoms with van der Waals surface area (Å²) in [7, 11) is -1.56. The van der Waals surface area contributed by atoms with Gasteiger partial charge >= 0.3 is 7.12 Å². The average Bonchev–Trinajstić information content (AvgIpc) is 3.21. The van der Waals surface area contributed by atoms with Crippen molar-refractivity contribution in [2.45, 2.75) is 19.8 Å². The van der Waals surface area contributed by atoms with Gasteiger partial charge in [0.05, 0.1) is 16.9 Å². The van der Waals surface area contributed by atoms with Crippen LogP contribution in [0.15, 0.2) is 103 Å². The van der Waals surface area contributed by atoms with Crippen LogP contribution in [0.1, 0.15) is 24.1 Å². The highest BCUT2D eigenvalue weighted by atomic mass is 16.5. The lowest BCUT2D eigenvalue weighted by Crippen LogP contribution is -2.30. The summed E-state index contributed by atoms with van der Waals surface area (Å²) < 4.78 is 8.59. The van der Waals surface area contributed by atoms with Crippen molar-refractivity contribution in [3.63, 3.8) is 0 Å². The molecule has 5 nitrogen and oxygen atoms in total. The SMILES string of the molecule is C=C/C=C\c1c(C)c2ccccc2n1-c1ccc2c(c1)N(C1=CCCC=C1)c1ccc(B(O)O)cc1O2. The van der Waals surface area contributed by atoms with Gasteiger partial charge in [0.1, 0.15) is 0 Å². The molecule has 0 bridgehead atoms. The maximum Gasteiger partial charge on any atom is 0.488 e. The standard InChI is InChI=1S/C31H27BN2O3/c1-3-4-13-26-21(2)25-12-8-9-14-27(25)34(26)24-16-18-30-29(20-24)33(23-10-6-5-7-11-23)28-17-15-22(32(35)36)19-31(28)37-30/h3-4,6,8-20,35-36H,1,5,7H2,2H3/b13-4-. The highest BCUT2D eigenvalue weighted by Gasteiger charge is 2.29. The first-order chi connectivity index (χ1) is 18.1. The van der Waals surface area contributed by atoms with E-state index in [2.05, 4.69) is 83.7 Å². The van der Waals surface area contributed by atoms with Gasteiger partial charge in [-0.25, -0.2) is 0 Å². The van der Waals surface area contributed by atoms with Gasteiger partial charge in [-0.1, -0.05) is 55.1 Å². The minimum absolute atomic E-state index is 0.389. The molecular weight excluding hydrogens is 459 g/mol. The summed E-state index contributed by atoms with van der Waals surface area (Å²) in [5, 5.41) is 20.7. The van der Waals surface area contributed by atoms with Gasteiger partial charge in [-0.2, -0.15) is 0 Å². The molecule has 0 amide bonds. The smallest absolute Gasteiger partial charge is 0.453 e. The molecule has 3 aromatic carbocycles. The molecule has 1 aromatic heterocycles. The Morgan fingerprint density at radius 2 is 1.84 bits per heavy atom. The first kappa shape index (κ1) is 23.2. The van der Waals surface area contributed by atoms with E-state index in [1.54, 1.807) is 18.2 Å². The molecule has 0 fully saturated rings. The molecule has 2 N–H and O–H groups in total. The van der Waals surface area contributed by atoms with E-state index in [9.17, 15) is 10.0 Å². The molecule has 1 aliphatic carbocycles. The summed E-state index contributed by atoms with van der Waals surface area (Å²) in [5.41, 5.74) is 7.69. The van der Waals surface area contributed by atoms with Crippen LogP contribution in [0.2, 0.25) is 0 Å². The van der Waals surface area contributed by atoms with Crippen molar-refractivity contribution >= 4 is 40.9 Å². The molecule has 2 heterocycles. The van der Waals surface area contributed by atoms with Crippen LogP contribution in [0.25, 0.3) is 22.7 Å². The Bertz CT molecular complexity index is 1630. The molecule has 6 rings (SSSR count). The minimum Gasteiger partial charge on any atom is -0.453 e. The van der Waals surface area contributed by atoms with Gasteiger partial charge < -0.3 is 24.3 Å². The number of aryl methyl sites for hydroxylation is 1. The summed E-state index contributed by atoms with van der Waals surface area (Å²) in [6, 6.07) is 19.9. The van der Waals surface area contributed by atoms with Crippen LogP contribution in [0.3, 0.4) is 0 Å². The van der Waals surface area contributed by atoms with Gasteiger partial charge in [-0.15, -0.1) is 0 Å². The highest BCUT2D eigenvalue weighted by Crippen LogP contribution is 2.49. The second kappa shape index (κ2) is 9.32. The molecule has 6 heteroatoms. The monoisotopic (exact) mass is 486 g/mol. The largest absolute Gasteiger partial charge is 0.488 e. The predicted molar refractivity (Wildman–Crippen MR) is 152 cm³/mol. The lowest BCUT2D eigenvalue weighted by Gasteiger charge is -2.35. The molecule has 0 radical (unpaired) electrons. The van der Waals surface area contributed by atoms with Crippen molar-refractivity contribution in [2.24, 2.45) is 0 Å². The number of ether oxygens (including phenoxy) is 1. The number of nitrogens with zero attached hydrogens (tertiary/aromatic N) is 2. The van der Waals surface area contributed by atoms with E-state index in [0.29, 0.717) is 17.0 Å².